The van der Waals surface area contributed by atoms with E-state index in [2.05, 4.69) is 22.0 Å². The van der Waals surface area contributed by atoms with Crippen LogP contribution >= 0.6 is 0 Å². The summed E-state index contributed by atoms with van der Waals surface area (Å²) < 4.78 is 1.85. The van der Waals surface area contributed by atoms with Crippen molar-refractivity contribution >= 4 is 0 Å². The fraction of sp³-hybridized carbons (Fsp3) is 0.500. The smallest absolute Gasteiger partial charge is 0.156 e. The highest BCUT2D eigenvalue weighted by Crippen LogP contribution is 2.26. The van der Waals surface area contributed by atoms with E-state index in [-0.39, 0.29) is 0 Å². The number of hydrogen-bond donors (Lipinski definition) is 1. The van der Waals surface area contributed by atoms with Gasteiger partial charge in [0.15, 0.2) is 5.82 Å². The molecule has 1 unspecified atom stereocenters. The minimum Gasteiger partial charge on any atom is -0.340 e. The van der Waals surface area contributed by atoms with Crippen LogP contribution in [-0.4, -0.2) is 19.7 Å². The van der Waals surface area contributed by atoms with Gasteiger partial charge in [0.2, 0.25) is 0 Å². The molecule has 0 aliphatic heterocycles. The second kappa shape index (κ2) is 3.47. The number of aryl methyl sites for hydroxylation is 2. The van der Waals surface area contributed by atoms with Crippen molar-refractivity contribution in [2.24, 2.45) is 13.0 Å². The van der Waals surface area contributed by atoms with Crippen LogP contribution in [0.5, 0.6) is 0 Å². The fourth-order valence-electron chi connectivity index (χ4n) is 2.38. The van der Waals surface area contributed by atoms with Crippen LogP contribution in [0.1, 0.15) is 24.7 Å². The monoisotopic (exact) mass is 216 g/mol. The first kappa shape index (κ1) is 9.63. The van der Waals surface area contributed by atoms with E-state index in [9.17, 15) is 0 Å². The van der Waals surface area contributed by atoms with E-state index in [1.807, 2.05) is 17.8 Å². The number of aromatic amines is 1. The number of nitrogens with one attached hydrogen (secondary N) is 1. The Morgan fingerprint density at radius 1 is 1.50 bits per heavy atom. The molecular weight excluding hydrogens is 200 g/mol. The van der Waals surface area contributed by atoms with Crippen molar-refractivity contribution < 1.29 is 0 Å². The molecule has 2 heterocycles. The van der Waals surface area contributed by atoms with Gasteiger partial charge in [-0.2, -0.15) is 5.10 Å². The lowest BCUT2D eigenvalue weighted by atomic mass is 9.92. The quantitative estimate of drug-likeness (QED) is 0.791. The van der Waals surface area contributed by atoms with Crippen molar-refractivity contribution in [3.8, 4) is 11.5 Å². The van der Waals surface area contributed by atoms with Crippen molar-refractivity contribution in [3.63, 3.8) is 0 Å². The Balaban J connectivity index is 2.02. The predicted molar refractivity (Wildman–Crippen MR) is 62.0 cm³/mol. The maximum atomic E-state index is 4.67. The predicted octanol–water partition coefficient (Wildman–Crippen LogP) is 1.93. The van der Waals surface area contributed by atoms with E-state index in [1.54, 1.807) is 6.20 Å². The second-order valence-corrected chi connectivity index (χ2v) is 4.70. The van der Waals surface area contributed by atoms with Gasteiger partial charge in [0.25, 0.3) is 0 Å². The number of fused-ring (bicyclic) bond motifs is 1. The Kier molecular flexibility index (Phi) is 2.09. The molecule has 1 N–H and O–H groups in total. The average Bonchev–Trinajstić information content (AvgIpc) is 2.82. The molecule has 0 radical (unpaired) electrons. The van der Waals surface area contributed by atoms with Gasteiger partial charge in [-0.05, 0) is 31.2 Å². The molecule has 0 amide bonds. The molecule has 0 spiro atoms. The standard InChI is InChI=1S/C12H16N4/c1-8-3-4-9-10(7-8)15-12(14-9)11-5-6-13-16(11)2/h5-6,8H,3-4,7H2,1-2H3,(H,14,15). The third-order valence-corrected chi connectivity index (χ3v) is 3.35. The Bertz CT molecular complexity index is 509. The molecule has 0 saturated heterocycles. The number of aromatic nitrogens is 4. The maximum absolute atomic E-state index is 4.67. The van der Waals surface area contributed by atoms with E-state index >= 15 is 0 Å². The molecule has 1 aliphatic rings. The van der Waals surface area contributed by atoms with Crippen LogP contribution in [0.25, 0.3) is 11.5 Å². The molecule has 2 aromatic rings. The van der Waals surface area contributed by atoms with Crippen molar-refractivity contribution in [2.45, 2.75) is 26.2 Å². The number of imidazole rings is 1. The molecule has 1 aliphatic carbocycles. The molecule has 16 heavy (non-hydrogen) atoms. The minimum atomic E-state index is 0.771. The molecule has 2 aromatic heterocycles. The lowest BCUT2D eigenvalue weighted by Gasteiger charge is -2.15. The van der Waals surface area contributed by atoms with Crippen LogP contribution < -0.4 is 0 Å². The van der Waals surface area contributed by atoms with Gasteiger partial charge in [0, 0.05) is 18.9 Å². The second-order valence-electron chi connectivity index (χ2n) is 4.70. The number of nitrogens with zero attached hydrogens (tertiary/aromatic N) is 3. The van der Waals surface area contributed by atoms with E-state index < -0.39 is 0 Å². The van der Waals surface area contributed by atoms with Gasteiger partial charge in [-0.25, -0.2) is 4.98 Å². The van der Waals surface area contributed by atoms with Gasteiger partial charge in [-0.1, -0.05) is 6.92 Å². The highest BCUT2D eigenvalue weighted by molar-refractivity contribution is 5.50. The number of H-pyrrole nitrogens is 1. The van der Waals surface area contributed by atoms with Crippen molar-refractivity contribution in [3.05, 3.63) is 23.7 Å². The Morgan fingerprint density at radius 2 is 2.38 bits per heavy atom. The lowest BCUT2D eigenvalue weighted by molar-refractivity contribution is 0.492. The topological polar surface area (TPSA) is 46.5 Å². The van der Waals surface area contributed by atoms with Crippen molar-refractivity contribution in [1.29, 1.82) is 0 Å². The third kappa shape index (κ3) is 1.45. The first-order valence-corrected chi connectivity index (χ1v) is 5.80. The lowest BCUT2D eigenvalue weighted by Crippen LogP contribution is -2.10. The van der Waals surface area contributed by atoms with Crippen LogP contribution in [0.15, 0.2) is 12.3 Å². The summed E-state index contributed by atoms with van der Waals surface area (Å²) in [6.45, 7) is 2.30. The van der Waals surface area contributed by atoms with E-state index in [0.29, 0.717) is 0 Å². The molecule has 4 heteroatoms. The summed E-state index contributed by atoms with van der Waals surface area (Å²) in [6, 6.07) is 1.99. The normalized spacial score (nSPS) is 19.8. The number of hydrogen-bond acceptors (Lipinski definition) is 2. The van der Waals surface area contributed by atoms with E-state index in [1.165, 1.54) is 17.8 Å². The van der Waals surface area contributed by atoms with Crippen molar-refractivity contribution in [1.82, 2.24) is 19.7 Å². The van der Waals surface area contributed by atoms with Crippen LogP contribution in [0.2, 0.25) is 0 Å². The average molecular weight is 216 g/mol. The zero-order valence-electron chi connectivity index (χ0n) is 9.70. The molecule has 1 atom stereocenters. The Morgan fingerprint density at radius 3 is 3.12 bits per heavy atom. The molecule has 0 fully saturated rings. The first-order chi connectivity index (χ1) is 7.74. The molecular formula is C12H16N4. The van der Waals surface area contributed by atoms with E-state index in [4.69, 9.17) is 0 Å². The van der Waals surface area contributed by atoms with Crippen LogP contribution in [0.3, 0.4) is 0 Å². The molecule has 0 saturated carbocycles. The van der Waals surface area contributed by atoms with Crippen LogP contribution in [0.4, 0.5) is 0 Å². The van der Waals surface area contributed by atoms with Crippen LogP contribution in [0, 0.1) is 5.92 Å². The van der Waals surface area contributed by atoms with E-state index in [0.717, 1.165) is 30.3 Å². The minimum absolute atomic E-state index is 0.771. The van der Waals surface area contributed by atoms with Gasteiger partial charge in [-0.15, -0.1) is 0 Å². The summed E-state index contributed by atoms with van der Waals surface area (Å²) in [6.07, 6.45) is 5.28. The Labute approximate surface area is 94.7 Å². The first-order valence-electron chi connectivity index (χ1n) is 5.80. The van der Waals surface area contributed by atoms with Gasteiger partial charge < -0.3 is 4.98 Å². The summed E-state index contributed by atoms with van der Waals surface area (Å²) in [5.74, 6) is 1.73. The van der Waals surface area contributed by atoms with Gasteiger partial charge in [-0.3, -0.25) is 4.68 Å². The summed E-state index contributed by atoms with van der Waals surface area (Å²) in [5, 5.41) is 4.17. The maximum Gasteiger partial charge on any atom is 0.156 e. The number of rotatable bonds is 1. The summed E-state index contributed by atoms with van der Waals surface area (Å²) >= 11 is 0. The van der Waals surface area contributed by atoms with Crippen molar-refractivity contribution in [2.75, 3.05) is 0 Å². The Hall–Kier alpha value is -1.58. The highest BCUT2D eigenvalue weighted by atomic mass is 15.3. The zero-order chi connectivity index (χ0) is 11.1. The molecule has 84 valence electrons. The summed E-state index contributed by atoms with van der Waals surface area (Å²) in [5.41, 5.74) is 3.62. The van der Waals surface area contributed by atoms with Gasteiger partial charge in [0.05, 0.1) is 5.69 Å². The largest absolute Gasteiger partial charge is 0.340 e. The van der Waals surface area contributed by atoms with Gasteiger partial charge in [0.1, 0.15) is 5.69 Å². The summed E-state index contributed by atoms with van der Waals surface area (Å²) in [7, 11) is 1.94. The third-order valence-electron chi connectivity index (χ3n) is 3.35. The van der Waals surface area contributed by atoms with Gasteiger partial charge >= 0.3 is 0 Å². The summed E-state index contributed by atoms with van der Waals surface area (Å²) in [4.78, 5) is 8.11. The fourth-order valence-corrected chi connectivity index (χ4v) is 2.38. The molecule has 0 aromatic carbocycles. The molecule has 3 rings (SSSR count). The molecule has 4 nitrogen and oxygen atoms in total. The van der Waals surface area contributed by atoms with Crippen LogP contribution in [-0.2, 0) is 19.9 Å². The zero-order valence-corrected chi connectivity index (χ0v) is 9.70. The highest BCUT2D eigenvalue weighted by Gasteiger charge is 2.20. The molecule has 0 bridgehead atoms. The SMILES string of the molecule is CC1CCc2nc(-c3ccnn3C)[nH]c2C1.